The molecule has 4 rings (SSSR count). The van der Waals surface area contributed by atoms with Crippen LogP contribution >= 0.6 is 11.6 Å². The Kier molecular flexibility index (Phi) is 3.86. The van der Waals surface area contributed by atoms with Gasteiger partial charge in [-0.05, 0) is 54.5 Å². The van der Waals surface area contributed by atoms with Crippen LogP contribution in [0.1, 0.15) is 22.3 Å². The molecule has 3 atom stereocenters. The van der Waals surface area contributed by atoms with E-state index in [9.17, 15) is 4.79 Å². The number of rotatable bonds is 3. The molecule has 4 heteroatoms. The Labute approximate surface area is 147 Å². The average Bonchev–Trinajstić information content (AvgIpc) is 3.25. The molecule has 2 fully saturated rings. The van der Waals surface area contributed by atoms with Crippen molar-refractivity contribution in [2.24, 2.45) is 17.6 Å². The van der Waals surface area contributed by atoms with Gasteiger partial charge in [-0.15, -0.1) is 0 Å². The van der Waals surface area contributed by atoms with Crippen molar-refractivity contribution in [1.82, 2.24) is 4.90 Å². The number of aryl methyl sites for hydroxylation is 1. The quantitative estimate of drug-likeness (QED) is 0.925. The van der Waals surface area contributed by atoms with Gasteiger partial charge in [0.1, 0.15) is 0 Å². The average molecular weight is 341 g/mol. The van der Waals surface area contributed by atoms with Gasteiger partial charge < -0.3 is 10.6 Å². The highest BCUT2D eigenvalue weighted by molar-refractivity contribution is 6.30. The highest BCUT2D eigenvalue weighted by atomic mass is 35.5. The van der Waals surface area contributed by atoms with Crippen LogP contribution in [0, 0.1) is 18.8 Å². The molecule has 1 aliphatic heterocycles. The van der Waals surface area contributed by atoms with Gasteiger partial charge in [0.25, 0.3) is 5.91 Å². The Hall–Kier alpha value is -1.84. The van der Waals surface area contributed by atoms with Crippen molar-refractivity contribution < 1.29 is 4.79 Å². The number of piperidine rings is 1. The molecule has 0 unspecified atom stereocenters. The van der Waals surface area contributed by atoms with Gasteiger partial charge in [0.2, 0.25) is 0 Å². The van der Waals surface area contributed by atoms with Crippen LogP contribution in [0.4, 0.5) is 0 Å². The molecule has 1 heterocycles. The molecular weight excluding hydrogens is 320 g/mol. The van der Waals surface area contributed by atoms with Crippen LogP contribution in [0.3, 0.4) is 0 Å². The first-order valence-electron chi connectivity index (χ1n) is 8.46. The predicted molar refractivity (Wildman–Crippen MR) is 97.1 cm³/mol. The summed E-state index contributed by atoms with van der Waals surface area (Å²) in [6.45, 7) is 3.40. The minimum atomic E-state index is 0.0938. The van der Waals surface area contributed by atoms with Gasteiger partial charge in [0, 0.05) is 29.7 Å². The smallest absolute Gasteiger partial charge is 0.254 e. The maximum Gasteiger partial charge on any atom is 0.254 e. The van der Waals surface area contributed by atoms with Crippen LogP contribution in [0.5, 0.6) is 0 Å². The molecule has 2 aliphatic rings. The summed E-state index contributed by atoms with van der Waals surface area (Å²) in [7, 11) is 0. The summed E-state index contributed by atoms with van der Waals surface area (Å²) < 4.78 is 0. The van der Waals surface area contributed by atoms with Gasteiger partial charge in [-0.25, -0.2) is 0 Å². The second kappa shape index (κ2) is 5.91. The third-order valence-corrected chi connectivity index (χ3v) is 5.58. The Morgan fingerprint density at radius 1 is 1.29 bits per heavy atom. The van der Waals surface area contributed by atoms with Gasteiger partial charge in [-0.2, -0.15) is 0 Å². The van der Waals surface area contributed by atoms with Gasteiger partial charge in [0.05, 0.1) is 0 Å². The second-order valence-electron chi connectivity index (χ2n) is 6.98. The van der Waals surface area contributed by atoms with Gasteiger partial charge in [-0.3, -0.25) is 4.79 Å². The van der Waals surface area contributed by atoms with Crippen molar-refractivity contribution in [3.8, 4) is 11.1 Å². The number of hydrogen-bond acceptors (Lipinski definition) is 2. The van der Waals surface area contributed by atoms with Gasteiger partial charge in [-0.1, -0.05) is 41.4 Å². The molecule has 3 nitrogen and oxygen atoms in total. The van der Waals surface area contributed by atoms with Crippen molar-refractivity contribution >= 4 is 17.5 Å². The van der Waals surface area contributed by atoms with Crippen LogP contribution in [0.2, 0.25) is 5.02 Å². The summed E-state index contributed by atoms with van der Waals surface area (Å²) in [5, 5.41) is 0.675. The summed E-state index contributed by atoms with van der Waals surface area (Å²) >= 11 is 6.14. The zero-order valence-corrected chi connectivity index (χ0v) is 14.5. The fourth-order valence-corrected chi connectivity index (χ4v) is 4.19. The van der Waals surface area contributed by atoms with E-state index in [1.54, 1.807) is 0 Å². The number of likely N-dealkylation sites (tertiary alicyclic amines) is 1. The zero-order chi connectivity index (χ0) is 16.8. The predicted octanol–water partition coefficient (Wildman–Crippen LogP) is 3.73. The fourth-order valence-electron chi connectivity index (χ4n) is 4.00. The van der Waals surface area contributed by atoms with Crippen molar-refractivity contribution in [1.29, 1.82) is 0 Å². The van der Waals surface area contributed by atoms with E-state index in [1.165, 1.54) is 6.42 Å². The number of fused-ring (bicyclic) bond motifs is 1. The third-order valence-electron chi connectivity index (χ3n) is 5.35. The van der Waals surface area contributed by atoms with E-state index >= 15 is 0 Å². The summed E-state index contributed by atoms with van der Waals surface area (Å²) in [4.78, 5) is 15.2. The summed E-state index contributed by atoms with van der Waals surface area (Å²) in [6, 6.07) is 13.9. The van der Waals surface area contributed by atoms with Crippen LogP contribution in [0.25, 0.3) is 11.1 Å². The second-order valence-corrected chi connectivity index (χ2v) is 7.42. The lowest BCUT2D eigenvalue weighted by molar-refractivity contribution is 0.0713. The third kappa shape index (κ3) is 2.62. The van der Waals surface area contributed by atoms with Crippen LogP contribution in [-0.2, 0) is 0 Å². The lowest BCUT2D eigenvalue weighted by Gasteiger charge is -2.27. The number of carbonyl (C=O) groups excluding carboxylic acids is 1. The van der Waals surface area contributed by atoms with E-state index in [4.69, 9.17) is 17.3 Å². The van der Waals surface area contributed by atoms with Crippen molar-refractivity contribution in [2.75, 3.05) is 13.1 Å². The molecule has 1 amide bonds. The lowest BCUT2D eigenvalue weighted by atomic mass is 9.96. The number of benzene rings is 2. The number of carbonyl (C=O) groups is 1. The SMILES string of the molecule is Cc1ccc(-c2cccc(Cl)c2)c(C(=O)N2C[C@H]3C[C@H]3[C@H]2CN)c1. The molecular formula is C20H21ClN2O. The minimum absolute atomic E-state index is 0.0938. The van der Waals surface area contributed by atoms with Crippen LogP contribution in [-0.4, -0.2) is 29.9 Å². The van der Waals surface area contributed by atoms with E-state index < -0.39 is 0 Å². The molecule has 2 N–H and O–H groups in total. The molecule has 0 aromatic heterocycles. The van der Waals surface area contributed by atoms with Crippen molar-refractivity contribution in [3.05, 3.63) is 58.6 Å². The van der Waals surface area contributed by atoms with E-state index in [1.807, 2.05) is 54.3 Å². The van der Waals surface area contributed by atoms with E-state index in [-0.39, 0.29) is 11.9 Å². The van der Waals surface area contributed by atoms with E-state index in [0.29, 0.717) is 23.4 Å². The Balaban J connectivity index is 1.74. The fraction of sp³-hybridized carbons (Fsp3) is 0.350. The molecule has 1 saturated carbocycles. The molecule has 2 aromatic carbocycles. The summed E-state index contributed by atoms with van der Waals surface area (Å²) in [5.74, 6) is 1.36. The molecule has 124 valence electrons. The Bertz CT molecular complexity index is 804. The van der Waals surface area contributed by atoms with Crippen molar-refractivity contribution in [2.45, 2.75) is 19.4 Å². The highest BCUT2D eigenvalue weighted by Gasteiger charge is 2.53. The molecule has 1 aliphatic carbocycles. The maximum absolute atomic E-state index is 13.3. The molecule has 0 bridgehead atoms. The normalized spacial score (nSPS) is 24.8. The number of hydrogen-bond donors (Lipinski definition) is 1. The molecule has 0 radical (unpaired) electrons. The Morgan fingerprint density at radius 3 is 2.88 bits per heavy atom. The summed E-state index contributed by atoms with van der Waals surface area (Å²) in [5.41, 5.74) is 9.68. The van der Waals surface area contributed by atoms with Crippen molar-refractivity contribution in [3.63, 3.8) is 0 Å². The minimum Gasteiger partial charge on any atom is -0.334 e. The molecule has 2 aromatic rings. The highest BCUT2D eigenvalue weighted by Crippen LogP contribution is 2.49. The number of nitrogens with zero attached hydrogens (tertiary/aromatic N) is 1. The first-order chi connectivity index (χ1) is 11.6. The largest absolute Gasteiger partial charge is 0.334 e. The monoisotopic (exact) mass is 340 g/mol. The maximum atomic E-state index is 13.3. The molecule has 24 heavy (non-hydrogen) atoms. The number of nitrogens with two attached hydrogens (primary N) is 1. The summed E-state index contributed by atoms with van der Waals surface area (Å²) in [6.07, 6.45) is 1.22. The lowest BCUT2D eigenvalue weighted by Crippen LogP contribution is -2.43. The standard InChI is InChI=1S/C20H21ClN2O/c1-12-5-6-16(13-3-2-4-15(21)8-13)18(7-12)20(24)23-11-14-9-17(14)19(23)10-22/h2-8,14,17,19H,9-11,22H2,1H3/t14-,17-,19-/m1/s1. The Morgan fingerprint density at radius 2 is 2.12 bits per heavy atom. The number of halogens is 1. The van der Waals surface area contributed by atoms with Crippen LogP contribution in [0.15, 0.2) is 42.5 Å². The number of amides is 1. The zero-order valence-electron chi connectivity index (χ0n) is 13.7. The van der Waals surface area contributed by atoms with E-state index in [0.717, 1.165) is 28.8 Å². The van der Waals surface area contributed by atoms with Gasteiger partial charge in [0.15, 0.2) is 0 Å². The molecule has 1 saturated heterocycles. The molecule has 0 spiro atoms. The van der Waals surface area contributed by atoms with Crippen LogP contribution < -0.4 is 5.73 Å². The topological polar surface area (TPSA) is 46.3 Å². The van der Waals surface area contributed by atoms with E-state index in [2.05, 4.69) is 0 Å². The van der Waals surface area contributed by atoms with Gasteiger partial charge >= 0.3 is 0 Å². The first kappa shape index (κ1) is 15.7. The first-order valence-corrected chi connectivity index (χ1v) is 8.84.